The predicted molar refractivity (Wildman–Crippen MR) is 64.7 cm³/mol. The van der Waals surface area contributed by atoms with Crippen LogP contribution in [-0.2, 0) is 10.0 Å². The highest BCUT2D eigenvalue weighted by atomic mass is 32.2. The van der Waals surface area contributed by atoms with Crippen LogP contribution in [0.4, 0.5) is 0 Å². The van der Waals surface area contributed by atoms with Crippen molar-refractivity contribution in [2.24, 2.45) is 10.9 Å². The van der Waals surface area contributed by atoms with Gasteiger partial charge in [0.15, 0.2) is 4.21 Å². The minimum absolute atomic E-state index is 0.00691. The molecule has 9 heteroatoms. The summed E-state index contributed by atoms with van der Waals surface area (Å²) in [4.78, 5) is 3.90. The summed E-state index contributed by atoms with van der Waals surface area (Å²) in [5, 5.41) is 11.8. The maximum absolute atomic E-state index is 12.0. The number of amidine groups is 1. The van der Waals surface area contributed by atoms with Crippen LogP contribution in [0.3, 0.4) is 0 Å². The average Bonchev–Trinajstić information content (AvgIpc) is 2.72. The van der Waals surface area contributed by atoms with Crippen LogP contribution in [0, 0.1) is 6.92 Å². The third kappa shape index (κ3) is 3.38. The van der Waals surface area contributed by atoms with E-state index in [2.05, 4.69) is 10.1 Å². The lowest BCUT2D eigenvalue weighted by Crippen LogP contribution is -2.30. The number of hydrogen-bond acceptors (Lipinski definition) is 6. The summed E-state index contributed by atoms with van der Waals surface area (Å²) in [6.45, 7) is 1.88. The molecule has 0 bridgehead atoms. The van der Waals surface area contributed by atoms with Crippen molar-refractivity contribution < 1.29 is 13.6 Å². The fourth-order valence-electron chi connectivity index (χ4n) is 1.06. The first kappa shape index (κ1) is 13.9. The van der Waals surface area contributed by atoms with Crippen molar-refractivity contribution in [2.75, 3.05) is 13.6 Å². The van der Waals surface area contributed by atoms with E-state index in [1.54, 1.807) is 6.92 Å². The molecule has 1 aromatic heterocycles. The summed E-state index contributed by atoms with van der Waals surface area (Å²) in [6.07, 6.45) is 1.50. The Labute approximate surface area is 104 Å². The Morgan fingerprint density at radius 2 is 2.35 bits per heavy atom. The van der Waals surface area contributed by atoms with Gasteiger partial charge in [0.05, 0.1) is 11.2 Å². The standard InChI is InChI=1S/C8H14N4O3S2/c1-6-10-5-8(16-6)17(14,15)12(2)4-3-7(9)11-13/h5,13H,3-4H2,1-2H3,(H2,9,11). The Kier molecular flexibility index (Phi) is 4.43. The van der Waals surface area contributed by atoms with Gasteiger partial charge in [-0.2, -0.15) is 4.31 Å². The number of aromatic nitrogens is 1. The van der Waals surface area contributed by atoms with Crippen LogP contribution in [0.15, 0.2) is 15.6 Å². The number of oxime groups is 1. The van der Waals surface area contributed by atoms with Gasteiger partial charge in [0.1, 0.15) is 5.84 Å². The molecule has 96 valence electrons. The van der Waals surface area contributed by atoms with E-state index < -0.39 is 10.0 Å². The highest BCUT2D eigenvalue weighted by Crippen LogP contribution is 2.21. The third-order valence-corrected chi connectivity index (χ3v) is 5.28. The Bertz CT molecular complexity index is 509. The minimum Gasteiger partial charge on any atom is -0.409 e. The molecule has 0 fully saturated rings. The molecule has 0 aliphatic heterocycles. The van der Waals surface area contributed by atoms with Gasteiger partial charge in [-0.15, -0.1) is 11.3 Å². The normalized spacial score (nSPS) is 13.2. The van der Waals surface area contributed by atoms with Crippen molar-refractivity contribution in [1.29, 1.82) is 0 Å². The van der Waals surface area contributed by atoms with Crippen molar-refractivity contribution in [3.63, 3.8) is 0 Å². The van der Waals surface area contributed by atoms with Crippen molar-refractivity contribution >= 4 is 27.2 Å². The van der Waals surface area contributed by atoms with E-state index >= 15 is 0 Å². The molecule has 1 aromatic rings. The van der Waals surface area contributed by atoms with Crippen LogP contribution in [-0.4, -0.2) is 42.3 Å². The van der Waals surface area contributed by atoms with Crippen LogP contribution in [0.2, 0.25) is 0 Å². The Hall–Kier alpha value is -1.19. The van der Waals surface area contributed by atoms with E-state index in [1.807, 2.05) is 0 Å². The summed E-state index contributed by atoms with van der Waals surface area (Å²) >= 11 is 1.11. The summed E-state index contributed by atoms with van der Waals surface area (Å²) < 4.78 is 25.3. The lowest BCUT2D eigenvalue weighted by atomic mass is 10.4. The van der Waals surface area contributed by atoms with Gasteiger partial charge in [-0.05, 0) is 6.92 Å². The Balaban J connectivity index is 2.78. The molecular formula is C8H14N4O3S2. The molecule has 1 heterocycles. The fraction of sp³-hybridized carbons (Fsp3) is 0.500. The molecule has 7 nitrogen and oxygen atoms in total. The second-order valence-electron chi connectivity index (χ2n) is 3.37. The van der Waals surface area contributed by atoms with Crippen LogP contribution in [0.25, 0.3) is 0 Å². The summed E-state index contributed by atoms with van der Waals surface area (Å²) in [6, 6.07) is 0. The highest BCUT2D eigenvalue weighted by Gasteiger charge is 2.22. The van der Waals surface area contributed by atoms with Crippen LogP contribution >= 0.6 is 11.3 Å². The Morgan fingerprint density at radius 1 is 1.71 bits per heavy atom. The molecule has 0 aliphatic carbocycles. The third-order valence-electron chi connectivity index (χ3n) is 2.08. The molecule has 0 spiro atoms. The maximum Gasteiger partial charge on any atom is 0.253 e. The molecule has 0 atom stereocenters. The van der Waals surface area contributed by atoms with Crippen molar-refractivity contribution in [3.8, 4) is 0 Å². The summed E-state index contributed by atoms with van der Waals surface area (Å²) in [5.74, 6) is -0.00691. The first-order valence-corrected chi connectivity index (χ1v) is 6.98. The summed E-state index contributed by atoms with van der Waals surface area (Å²) in [5.41, 5.74) is 5.28. The smallest absolute Gasteiger partial charge is 0.253 e. The second-order valence-corrected chi connectivity index (χ2v) is 6.87. The van der Waals surface area contributed by atoms with Gasteiger partial charge in [0.2, 0.25) is 0 Å². The largest absolute Gasteiger partial charge is 0.409 e. The van der Waals surface area contributed by atoms with E-state index in [9.17, 15) is 8.42 Å². The fourth-order valence-corrected chi connectivity index (χ4v) is 3.55. The zero-order valence-corrected chi connectivity index (χ0v) is 11.1. The van der Waals surface area contributed by atoms with Gasteiger partial charge in [0.25, 0.3) is 10.0 Å². The molecule has 3 N–H and O–H groups in total. The second kappa shape index (κ2) is 5.43. The number of rotatable bonds is 5. The van der Waals surface area contributed by atoms with Gasteiger partial charge in [-0.3, -0.25) is 0 Å². The number of sulfonamides is 1. The van der Waals surface area contributed by atoms with E-state index in [-0.39, 0.29) is 23.0 Å². The summed E-state index contributed by atoms with van der Waals surface area (Å²) in [7, 11) is -2.09. The Morgan fingerprint density at radius 3 is 2.82 bits per heavy atom. The van der Waals surface area contributed by atoms with Crippen molar-refractivity contribution in [3.05, 3.63) is 11.2 Å². The van der Waals surface area contributed by atoms with E-state index in [4.69, 9.17) is 10.9 Å². The average molecular weight is 278 g/mol. The first-order valence-electron chi connectivity index (χ1n) is 4.73. The molecule has 1 rings (SSSR count). The van der Waals surface area contributed by atoms with Crippen molar-refractivity contribution in [1.82, 2.24) is 9.29 Å². The number of hydrogen-bond donors (Lipinski definition) is 2. The molecule has 0 saturated carbocycles. The van der Waals surface area contributed by atoms with Gasteiger partial charge in [0, 0.05) is 20.0 Å². The molecule has 0 unspecified atom stereocenters. The maximum atomic E-state index is 12.0. The molecule has 0 saturated heterocycles. The molecule has 0 radical (unpaired) electrons. The number of aryl methyl sites for hydroxylation is 1. The van der Waals surface area contributed by atoms with Gasteiger partial charge >= 0.3 is 0 Å². The predicted octanol–water partition coefficient (Wildman–Crippen LogP) is 0.209. The van der Waals surface area contributed by atoms with E-state index in [0.29, 0.717) is 5.01 Å². The number of nitrogens with zero attached hydrogens (tertiary/aromatic N) is 3. The van der Waals surface area contributed by atoms with E-state index in [1.165, 1.54) is 13.2 Å². The van der Waals surface area contributed by atoms with Gasteiger partial charge in [-0.1, -0.05) is 5.16 Å². The van der Waals surface area contributed by atoms with Crippen LogP contribution in [0.5, 0.6) is 0 Å². The molecular weight excluding hydrogens is 264 g/mol. The molecule has 0 aromatic carbocycles. The highest BCUT2D eigenvalue weighted by molar-refractivity contribution is 7.91. The van der Waals surface area contributed by atoms with E-state index in [0.717, 1.165) is 15.6 Å². The lowest BCUT2D eigenvalue weighted by Gasteiger charge is -2.14. The topological polar surface area (TPSA) is 109 Å². The van der Waals surface area contributed by atoms with Crippen molar-refractivity contribution in [2.45, 2.75) is 17.6 Å². The van der Waals surface area contributed by atoms with Gasteiger partial charge in [-0.25, -0.2) is 13.4 Å². The zero-order chi connectivity index (χ0) is 13.1. The number of nitrogens with two attached hydrogens (primary N) is 1. The number of thiazole rings is 1. The SMILES string of the molecule is Cc1ncc(S(=O)(=O)N(C)CCC(N)=NO)s1. The molecule has 0 aliphatic rings. The lowest BCUT2D eigenvalue weighted by molar-refractivity contribution is 0.316. The zero-order valence-electron chi connectivity index (χ0n) is 9.49. The van der Waals surface area contributed by atoms with Crippen LogP contribution in [0.1, 0.15) is 11.4 Å². The first-order chi connectivity index (χ1) is 7.87. The quantitative estimate of drug-likeness (QED) is 0.346. The minimum atomic E-state index is -3.52. The molecule has 17 heavy (non-hydrogen) atoms. The monoisotopic (exact) mass is 278 g/mol. The van der Waals surface area contributed by atoms with Gasteiger partial charge < -0.3 is 10.9 Å². The van der Waals surface area contributed by atoms with Crippen LogP contribution < -0.4 is 5.73 Å². The molecule has 0 amide bonds.